The number of benzene rings is 2. The van der Waals surface area contributed by atoms with Gasteiger partial charge in [-0.05, 0) is 31.2 Å². The SMILES string of the molecule is COc1ccc2c(cnn2-c2c(Cl)cc(N)cc2Cl)c1C. The Balaban J connectivity index is 2.30. The summed E-state index contributed by atoms with van der Waals surface area (Å²) >= 11 is 12.5. The highest BCUT2D eigenvalue weighted by Gasteiger charge is 2.15. The summed E-state index contributed by atoms with van der Waals surface area (Å²) in [5.74, 6) is 0.816. The summed E-state index contributed by atoms with van der Waals surface area (Å²) in [5, 5.41) is 6.30. The normalized spacial score (nSPS) is 11.0. The zero-order valence-electron chi connectivity index (χ0n) is 11.5. The number of methoxy groups -OCH3 is 1. The van der Waals surface area contributed by atoms with Gasteiger partial charge in [-0.2, -0.15) is 5.10 Å². The van der Waals surface area contributed by atoms with Crippen LogP contribution in [0.2, 0.25) is 10.0 Å². The number of aromatic nitrogens is 2. The molecule has 0 aliphatic carbocycles. The first-order chi connectivity index (χ1) is 10.0. The third-order valence-electron chi connectivity index (χ3n) is 3.44. The van der Waals surface area contributed by atoms with E-state index in [-0.39, 0.29) is 0 Å². The maximum atomic E-state index is 6.27. The fourth-order valence-corrected chi connectivity index (χ4v) is 3.07. The van der Waals surface area contributed by atoms with E-state index in [9.17, 15) is 0 Å². The van der Waals surface area contributed by atoms with E-state index in [1.807, 2.05) is 19.1 Å². The number of nitrogens with two attached hydrogens (primary N) is 1. The second-order valence-electron chi connectivity index (χ2n) is 4.72. The van der Waals surface area contributed by atoms with Crippen molar-refractivity contribution >= 4 is 39.8 Å². The van der Waals surface area contributed by atoms with Gasteiger partial charge in [0, 0.05) is 16.6 Å². The predicted molar refractivity (Wildman–Crippen MR) is 86.8 cm³/mol. The maximum Gasteiger partial charge on any atom is 0.122 e. The first-order valence-electron chi connectivity index (χ1n) is 6.29. The van der Waals surface area contributed by atoms with Crippen LogP contribution in [0.15, 0.2) is 30.5 Å². The van der Waals surface area contributed by atoms with Gasteiger partial charge in [-0.3, -0.25) is 0 Å². The number of halogens is 2. The van der Waals surface area contributed by atoms with Crippen LogP contribution in [-0.2, 0) is 0 Å². The molecule has 0 saturated heterocycles. The lowest BCUT2D eigenvalue weighted by Gasteiger charge is -2.11. The molecular weight excluding hydrogens is 309 g/mol. The van der Waals surface area contributed by atoms with E-state index in [2.05, 4.69) is 5.10 Å². The van der Waals surface area contributed by atoms with Gasteiger partial charge in [-0.1, -0.05) is 23.2 Å². The number of hydrogen-bond donors (Lipinski definition) is 1. The summed E-state index contributed by atoms with van der Waals surface area (Å²) in [5.41, 5.74) is 8.80. The molecule has 0 radical (unpaired) electrons. The molecule has 0 aliphatic rings. The van der Waals surface area contributed by atoms with Crippen molar-refractivity contribution < 1.29 is 4.74 Å². The molecular formula is C15H13Cl2N3O. The largest absolute Gasteiger partial charge is 0.496 e. The molecule has 0 atom stereocenters. The third-order valence-corrected chi connectivity index (χ3v) is 4.02. The summed E-state index contributed by atoms with van der Waals surface area (Å²) in [6.45, 7) is 1.99. The van der Waals surface area contributed by atoms with Gasteiger partial charge in [0.15, 0.2) is 0 Å². The highest BCUT2D eigenvalue weighted by molar-refractivity contribution is 6.38. The molecule has 0 saturated carbocycles. The van der Waals surface area contributed by atoms with E-state index in [1.54, 1.807) is 30.1 Å². The monoisotopic (exact) mass is 321 g/mol. The van der Waals surface area contributed by atoms with Gasteiger partial charge in [0.1, 0.15) is 11.4 Å². The molecule has 1 aromatic heterocycles. The number of rotatable bonds is 2. The first-order valence-corrected chi connectivity index (χ1v) is 7.04. The lowest BCUT2D eigenvalue weighted by Crippen LogP contribution is -2.00. The van der Waals surface area contributed by atoms with Gasteiger partial charge >= 0.3 is 0 Å². The van der Waals surface area contributed by atoms with Gasteiger partial charge in [0.25, 0.3) is 0 Å². The van der Waals surface area contributed by atoms with Crippen LogP contribution in [-0.4, -0.2) is 16.9 Å². The Hall–Kier alpha value is -1.91. The van der Waals surface area contributed by atoms with E-state index < -0.39 is 0 Å². The van der Waals surface area contributed by atoms with Crippen molar-refractivity contribution in [2.45, 2.75) is 6.92 Å². The third kappa shape index (κ3) is 2.20. The minimum atomic E-state index is 0.457. The number of nitrogens with zero attached hydrogens (tertiary/aromatic N) is 2. The second kappa shape index (κ2) is 5.13. The predicted octanol–water partition coefficient (Wildman–Crippen LogP) is 4.23. The van der Waals surface area contributed by atoms with Gasteiger partial charge < -0.3 is 10.5 Å². The van der Waals surface area contributed by atoms with Gasteiger partial charge in [0.2, 0.25) is 0 Å². The zero-order chi connectivity index (χ0) is 15.1. The van der Waals surface area contributed by atoms with Crippen LogP contribution >= 0.6 is 23.2 Å². The molecule has 2 aromatic carbocycles. The minimum absolute atomic E-state index is 0.457. The molecule has 3 aromatic rings. The quantitative estimate of drug-likeness (QED) is 0.718. The topological polar surface area (TPSA) is 53.1 Å². The molecule has 4 nitrogen and oxygen atoms in total. The number of hydrogen-bond acceptors (Lipinski definition) is 3. The van der Waals surface area contributed by atoms with Crippen molar-refractivity contribution in [3.8, 4) is 11.4 Å². The number of fused-ring (bicyclic) bond motifs is 1. The Labute approximate surface area is 132 Å². The average Bonchev–Trinajstić information content (AvgIpc) is 2.83. The van der Waals surface area contributed by atoms with Crippen molar-refractivity contribution in [3.05, 3.63) is 46.1 Å². The van der Waals surface area contributed by atoms with Gasteiger partial charge in [0.05, 0.1) is 28.9 Å². The Morgan fingerprint density at radius 2 is 1.86 bits per heavy atom. The van der Waals surface area contributed by atoms with Crippen LogP contribution < -0.4 is 10.5 Å². The number of ether oxygens (including phenoxy) is 1. The molecule has 3 rings (SSSR count). The molecule has 6 heteroatoms. The van der Waals surface area contributed by atoms with Crippen molar-refractivity contribution in [2.24, 2.45) is 0 Å². The van der Waals surface area contributed by atoms with Crippen LogP contribution in [0.1, 0.15) is 5.56 Å². The second-order valence-corrected chi connectivity index (χ2v) is 5.53. The zero-order valence-corrected chi connectivity index (χ0v) is 13.0. The van der Waals surface area contributed by atoms with Crippen LogP contribution in [0.3, 0.4) is 0 Å². The van der Waals surface area contributed by atoms with Crippen molar-refractivity contribution in [1.82, 2.24) is 9.78 Å². The summed E-state index contributed by atoms with van der Waals surface area (Å²) in [7, 11) is 1.65. The number of aryl methyl sites for hydroxylation is 1. The van der Waals surface area contributed by atoms with Crippen molar-refractivity contribution in [3.63, 3.8) is 0 Å². The summed E-state index contributed by atoms with van der Waals surface area (Å²) in [4.78, 5) is 0. The van der Waals surface area contributed by atoms with Gasteiger partial charge in [-0.25, -0.2) is 4.68 Å². The lowest BCUT2D eigenvalue weighted by atomic mass is 10.1. The highest BCUT2D eigenvalue weighted by Crippen LogP contribution is 2.35. The highest BCUT2D eigenvalue weighted by atomic mass is 35.5. The summed E-state index contributed by atoms with van der Waals surface area (Å²) in [6, 6.07) is 7.14. The standard InChI is InChI=1S/C15H13Cl2N3O/c1-8-10-7-19-20(13(10)3-4-14(8)21-2)15-11(16)5-9(18)6-12(15)17/h3-7H,18H2,1-2H3. The summed E-state index contributed by atoms with van der Waals surface area (Å²) < 4.78 is 7.04. The van der Waals surface area contributed by atoms with Crippen LogP contribution in [0.25, 0.3) is 16.6 Å². The number of anilines is 1. The Bertz CT molecular complexity index is 819. The molecule has 0 spiro atoms. The molecule has 0 fully saturated rings. The van der Waals surface area contributed by atoms with Crippen LogP contribution in [0, 0.1) is 6.92 Å². The Morgan fingerprint density at radius 3 is 2.48 bits per heavy atom. The van der Waals surface area contributed by atoms with Gasteiger partial charge in [-0.15, -0.1) is 0 Å². The van der Waals surface area contributed by atoms with E-state index in [0.29, 0.717) is 21.4 Å². The van der Waals surface area contributed by atoms with E-state index in [4.69, 9.17) is 33.7 Å². The Kier molecular flexibility index (Phi) is 3.43. The lowest BCUT2D eigenvalue weighted by molar-refractivity contribution is 0.412. The molecule has 21 heavy (non-hydrogen) atoms. The average molecular weight is 322 g/mol. The molecule has 0 bridgehead atoms. The first kappa shape index (κ1) is 14.0. The maximum absolute atomic E-state index is 6.27. The molecule has 2 N–H and O–H groups in total. The van der Waals surface area contributed by atoms with Crippen molar-refractivity contribution in [2.75, 3.05) is 12.8 Å². The Morgan fingerprint density at radius 1 is 1.19 bits per heavy atom. The van der Waals surface area contributed by atoms with E-state index >= 15 is 0 Å². The molecule has 0 unspecified atom stereocenters. The fourth-order valence-electron chi connectivity index (χ4n) is 2.41. The smallest absolute Gasteiger partial charge is 0.122 e. The number of nitrogen functional groups attached to an aromatic ring is 1. The molecule has 0 amide bonds. The van der Waals surface area contributed by atoms with Crippen LogP contribution in [0.4, 0.5) is 5.69 Å². The van der Waals surface area contributed by atoms with E-state index in [0.717, 1.165) is 22.2 Å². The molecule has 0 aliphatic heterocycles. The van der Waals surface area contributed by atoms with Crippen LogP contribution in [0.5, 0.6) is 5.75 Å². The minimum Gasteiger partial charge on any atom is -0.496 e. The van der Waals surface area contributed by atoms with Crippen molar-refractivity contribution in [1.29, 1.82) is 0 Å². The molecule has 1 heterocycles. The fraction of sp³-hybridized carbons (Fsp3) is 0.133. The van der Waals surface area contributed by atoms with E-state index in [1.165, 1.54) is 0 Å². The summed E-state index contributed by atoms with van der Waals surface area (Å²) in [6.07, 6.45) is 1.77. The molecule has 108 valence electrons.